The summed E-state index contributed by atoms with van der Waals surface area (Å²) < 4.78 is 0. The molecular weight excluding hydrogens is 274 g/mol. The number of anilines is 1. The summed E-state index contributed by atoms with van der Waals surface area (Å²) in [7, 11) is 2.05. The fourth-order valence-corrected chi connectivity index (χ4v) is 2.88. The highest BCUT2D eigenvalue weighted by atomic mass is 16.2. The number of rotatable bonds is 6. The van der Waals surface area contributed by atoms with Gasteiger partial charge in [-0.2, -0.15) is 0 Å². The molecule has 1 aliphatic heterocycles. The van der Waals surface area contributed by atoms with Crippen LogP contribution in [-0.2, 0) is 4.79 Å². The van der Waals surface area contributed by atoms with E-state index in [0.29, 0.717) is 0 Å². The predicted molar refractivity (Wildman–Crippen MR) is 92.2 cm³/mol. The molecule has 1 amide bonds. The molecule has 0 spiro atoms. The van der Waals surface area contributed by atoms with Gasteiger partial charge in [-0.25, -0.2) is 0 Å². The van der Waals surface area contributed by atoms with E-state index in [2.05, 4.69) is 48.0 Å². The highest BCUT2D eigenvalue weighted by Gasteiger charge is 2.26. The van der Waals surface area contributed by atoms with Crippen molar-refractivity contribution in [1.29, 1.82) is 0 Å². The van der Waals surface area contributed by atoms with Crippen LogP contribution in [0.2, 0.25) is 0 Å². The fourth-order valence-electron chi connectivity index (χ4n) is 2.88. The number of para-hydroxylation sites is 1. The minimum atomic E-state index is -0.0187. The van der Waals surface area contributed by atoms with E-state index in [4.69, 9.17) is 0 Å². The van der Waals surface area contributed by atoms with Gasteiger partial charge >= 0.3 is 0 Å². The lowest BCUT2D eigenvalue weighted by atomic mass is 10.2. The lowest BCUT2D eigenvalue weighted by molar-refractivity contribution is -0.136. The number of carbonyl (C=O) groups excluding carboxylic acids is 1. The van der Waals surface area contributed by atoms with Crippen LogP contribution in [0.5, 0.6) is 0 Å². The van der Waals surface area contributed by atoms with E-state index in [1.807, 2.05) is 17.9 Å². The maximum absolute atomic E-state index is 12.6. The first-order valence-electron chi connectivity index (χ1n) is 8.42. The van der Waals surface area contributed by atoms with E-state index in [0.717, 1.165) is 39.1 Å². The largest absolute Gasteiger partial charge is 0.368 e. The Hall–Kier alpha value is -1.55. The standard InChI is InChI=1S/C18H29N3O/c1-4-5-11-19(3)16(2)18(22)21-14-12-20(13-15-21)17-9-7-6-8-10-17/h6-10,16H,4-5,11-15H2,1-3H3. The predicted octanol–water partition coefficient (Wildman–Crippen LogP) is 2.46. The van der Waals surface area contributed by atoms with Gasteiger partial charge in [-0.05, 0) is 39.1 Å². The van der Waals surface area contributed by atoms with Crippen molar-refractivity contribution >= 4 is 11.6 Å². The number of unbranched alkanes of at least 4 members (excludes halogenated alkanes) is 1. The number of likely N-dealkylation sites (N-methyl/N-ethyl adjacent to an activating group) is 1. The number of benzene rings is 1. The summed E-state index contributed by atoms with van der Waals surface area (Å²) in [4.78, 5) is 19.2. The van der Waals surface area contributed by atoms with Gasteiger partial charge in [-0.3, -0.25) is 9.69 Å². The van der Waals surface area contributed by atoms with E-state index < -0.39 is 0 Å². The first-order valence-corrected chi connectivity index (χ1v) is 8.42. The highest BCUT2D eigenvalue weighted by molar-refractivity contribution is 5.81. The van der Waals surface area contributed by atoms with Gasteiger partial charge < -0.3 is 9.80 Å². The molecule has 0 bridgehead atoms. The number of hydrogen-bond acceptors (Lipinski definition) is 3. The van der Waals surface area contributed by atoms with E-state index >= 15 is 0 Å². The smallest absolute Gasteiger partial charge is 0.239 e. The van der Waals surface area contributed by atoms with Crippen molar-refractivity contribution in [2.75, 3.05) is 44.7 Å². The summed E-state index contributed by atoms with van der Waals surface area (Å²) in [6.07, 6.45) is 2.32. The lowest BCUT2D eigenvalue weighted by Crippen LogP contribution is -2.53. The number of piperazine rings is 1. The van der Waals surface area contributed by atoms with Crippen molar-refractivity contribution in [3.63, 3.8) is 0 Å². The summed E-state index contributed by atoms with van der Waals surface area (Å²) in [5.74, 6) is 0.270. The monoisotopic (exact) mass is 303 g/mol. The normalized spacial score (nSPS) is 16.9. The van der Waals surface area contributed by atoms with Gasteiger partial charge in [0, 0.05) is 31.9 Å². The van der Waals surface area contributed by atoms with Gasteiger partial charge in [0.2, 0.25) is 5.91 Å². The zero-order valence-corrected chi connectivity index (χ0v) is 14.2. The zero-order chi connectivity index (χ0) is 15.9. The molecule has 1 atom stereocenters. The van der Waals surface area contributed by atoms with Crippen molar-refractivity contribution in [3.8, 4) is 0 Å². The molecule has 0 aliphatic carbocycles. The molecule has 1 aromatic carbocycles. The number of amides is 1. The molecule has 1 heterocycles. The third-order valence-corrected chi connectivity index (χ3v) is 4.60. The van der Waals surface area contributed by atoms with Crippen molar-refractivity contribution in [3.05, 3.63) is 30.3 Å². The van der Waals surface area contributed by atoms with Gasteiger partial charge in [0.1, 0.15) is 0 Å². The topological polar surface area (TPSA) is 26.8 Å². The van der Waals surface area contributed by atoms with Gasteiger partial charge in [0.25, 0.3) is 0 Å². The van der Waals surface area contributed by atoms with Crippen molar-refractivity contribution in [2.24, 2.45) is 0 Å². The molecular formula is C18H29N3O. The minimum Gasteiger partial charge on any atom is -0.368 e. The molecule has 4 nitrogen and oxygen atoms in total. The van der Waals surface area contributed by atoms with E-state index in [9.17, 15) is 4.79 Å². The first kappa shape index (κ1) is 16.8. The minimum absolute atomic E-state index is 0.0187. The molecule has 4 heteroatoms. The maximum atomic E-state index is 12.6. The van der Waals surface area contributed by atoms with Crippen molar-refractivity contribution < 1.29 is 4.79 Å². The summed E-state index contributed by atoms with van der Waals surface area (Å²) in [6.45, 7) is 8.68. The van der Waals surface area contributed by atoms with E-state index in [1.54, 1.807) is 0 Å². The SMILES string of the molecule is CCCCN(C)C(C)C(=O)N1CCN(c2ccccc2)CC1. The average Bonchev–Trinajstić information content (AvgIpc) is 2.59. The van der Waals surface area contributed by atoms with Crippen LogP contribution in [0.1, 0.15) is 26.7 Å². The second kappa shape index (κ2) is 8.18. The van der Waals surface area contributed by atoms with Crippen LogP contribution in [0.4, 0.5) is 5.69 Å². The summed E-state index contributed by atoms with van der Waals surface area (Å²) >= 11 is 0. The summed E-state index contributed by atoms with van der Waals surface area (Å²) in [5, 5.41) is 0. The van der Waals surface area contributed by atoms with Crippen LogP contribution in [0.3, 0.4) is 0 Å². The number of hydrogen-bond donors (Lipinski definition) is 0. The fraction of sp³-hybridized carbons (Fsp3) is 0.611. The van der Waals surface area contributed by atoms with Crippen LogP contribution < -0.4 is 4.90 Å². The van der Waals surface area contributed by atoms with E-state index in [-0.39, 0.29) is 11.9 Å². The number of carbonyl (C=O) groups is 1. The zero-order valence-electron chi connectivity index (χ0n) is 14.2. The van der Waals surface area contributed by atoms with Crippen LogP contribution >= 0.6 is 0 Å². The average molecular weight is 303 g/mol. The maximum Gasteiger partial charge on any atom is 0.239 e. The van der Waals surface area contributed by atoms with Gasteiger partial charge in [0.15, 0.2) is 0 Å². The molecule has 0 radical (unpaired) electrons. The molecule has 0 aromatic heterocycles. The lowest BCUT2D eigenvalue weighted by Gasteiger charge is -2.38. The molecule has 1 aliphatic rings. The summed E-state index contributed by atoms with van der Waals surface area (Å²) in [6, 6.07) is 10.4. The molecule has 1 aromatic rings. The van der Waals surface area contributed by atoms with Gasteiger partial charge in [-0.15, -0.1) is 0 Å². The Bertz CT molecular complexity index is 455. The quantitative estimate of drug-likeness (QED) is 0.808. The Kier molecular flexibility index (Phi) is 6.25. The Balaban J connectivity index is 1.84. The Labute approximate surface area is 134 Å². The second-order valence-corrected chi connectivity index (χ2v) is 6.16. The highest BCUT2D eigenvalue weighted by Crippen LogP contribution is 2.16. The summed E-state index contributed by atoms with van der Waals surface area (Å²) in [5.41, 5.74) is 1.25. The van der Waals surface area contributed by atoms with Gasteiger partial charge in [0.05, 0.1) is 6.04 Å². The van der Waals surface area contributed by atoms with Crippen LogP contribution in [0, 0.1) is 0 Å². The third-order valence-electron chi connectivity index (χ3n) is 4.60. The molecule has 0 saturated carbocycles. The molecule has 0 N–H and O–H groups in total. The molecule has 1 saturated heterocycles. The molecule has 1 unspecified atom stereocenters. The Morgan fingerprint density at radius 1 is 1.18 bits per heavy atom. The second-order valence-electron chi connectivity index (χ2n) is 6.16. The molecule has 2 rings (SSSR count). The van der Waals surface area contributed by atoms with Crippen LogP contribution in [0.15, 0.2) is 30.3 Å². The Morgan fingerprint density at radius 3 is 2.41 bits per heavy atom. The number of nitrogens with zero attached hydrogens (tertiary/aromatic N) is 3. The molecule has 1 fully saturated rings. The Morgan fingerprint density at radius 2 is 1.82 bits per heavy atom. The molecule has 22 heavy (non-hydrogen) atoms. The van der Waals surface area contributed by atoms with Crippen LogP contribution in [0.25, 0.3) is 0 Å². The third kappa shape index (κ3) is 4.23. The van der Waals surface area contributed by atoms with Crippen molar-refractivity contribution in [1.82, 2.24) is 9.80 Å². The first-order chi connectivity index (χ1) is 10.6. The van der Waals surface area contributed by atoms with Crippen molar-refractivity contribution in [2.45, 2.75) is 32.7 Å². The van der Waals surface area contributed by atoms with E-state index in [1.165, 1.54) is 12.1 Å². The van der Waals surface area contributed by atoms with Crippen LogP contribution in [-0.4, -0.2) is 61.5 Å². The molecule has 122 valence electrons. The van der Waals surface area contributed by atoms with Gasteiger partial charge in [-0.1, -0.05) is 31.5 Å².